The molecule has 0 aliphatic carbocycles. The van der Waals surface area contributed by atoms with Crippen LogP contribution in [0, 0.1) is 13.8 Å². The molecule has 0 aromatic heterocycles. The van der Waals surface area contributed by atoms with Crippen molar-refractivity contribution in [1.82, 2.24) is 0 Å². The van der Waals surface area contributed by atoms with E-state index in [2.05, 4.69) is 0 Å². The summed E-state index contributed by atoms with van der Waals surface area (Å²) in [7, 11) is -8.30. The summed E-state index contributed by atoms with van der Waals surface area (Å²) in [4.78, 5) is -0.0636. The Bertz CT molecular complexity index is 1200. The molecule has 9 nitrogen and oxygen atoms in total. The monoisotopic (exact) mass is 498 g/mol. The molecule has 0 amide bonds. The van der Waals surface area contributed by atoms with E-state index in [4.69, 9.17) is 22.6 Å². The number of aryl methyl sites for hydroxylation is 2. The molecule has 33 heavy (non-hydrogen) atoms. The van der Waals surface area contributed by atoms with Crippen molar-refractivity contribution in [2.24, 2.45) is 0 Å². The minimum atomic E-state index is -4.20. The van der Waals surface area contributed by atoms with Crippen molar-refractivity contribution in [3.63, 3.8) is 0 Å². The molecule has 2 heterocycles. The van der Waals surface area contributed by atoms with Gasteiger partial charge in [0.2, 0.25) is 0 Å². The van der Waals surface area contributed by atoms with Gasteiger partial charge in [-0.1, -0.05) is 35.4 Å². The van der Waals surface area contributed by atoms with Gasteiger partial charge in [0.1, 0.15) is 18.3 Å². The van der Waals surface area contributed by atoms with Crippen LogP contribution < -0.4 is 0 Å². The number of rotatable bonds is 7. The highest BCUT2D eigenvalue weighted by Gasteiger charge is 2.57. The molecule has 2 saturated heterocycles. The van der Waals surface area contributed by atoms with Crippen molar-refractivity contribution < 1.29 is 39.4 Å². The Morgan fingerprint density at radius 2 is 1.33 bits per heavy atom. The molecule has 0 N–H and O–H groups in total. The fourth-order valence-corrected chi connectivity index (χ4v) is 5.66. The third-order valence-corrected chi connectivity index (χ3v) is 7.95. The normalized spacial score (nSPS) is 26.9. The molecule has 2 aromatic rings. The van der Waals surface area contributed by atoms with Crippen molar-refractivity contribution in [3.05, 3.63) is 59.7 Å². The molecular weight excluding hydrogens is 472 g/mol. The highest BCUT2D eigenvalue weighted by molar-refractivity contribution is 7.87. The van der Waals surface area contributed by atoms with Crippen molar-refractivity contribution in [3.8, 4) is 0 Å². The van der Waals surface area contributed by atoms with E-state index in [0.29, 0.717) is 0 Å². The van der Waals surface area contributed by atoms with Gasteiger partial charge in [0.25, 0.3) is 20.2 Å². The topological polar surface area (TPSA) is 114 Å². The fourth-order valence-electron chi connectivity index (χ4n) is 3.63. The van der Waals surface area contributed by atoms with E-state index in [9.17, 15) is 16.8 Å². The second kappa shape index (κ2) is 8.73. The fraction of sp³-hybridized carbons (Fsp3) is 0.455. The van der Waals surface area contributed by atoms with Gasteiger partial charge in [-0.3, -0.25) is 8.37 Å². The van der Waals surface area contributed by atoms with Gasteiger partial charge in [0, 0.05) is 0 Å². The van der Waals surface area contributed by atoms with Crippen LogP contribution in [-0.2, 0) is 42.8 Å². The van der Waals surface area contributed by atoms with Crippen LogP contribution in [0.1, 0.15) is 25.0 Å². The Balaban J connectivity index is 1.55. The number of benzene rings is 2. The maximum atomic E-state index is 12.9. The molecule has 0 spiro atoms. The van der Waals surface area contributed by atoms with Crippen LogP contribution in [0.25, 0.3) is 0 Å². The van der Waals surface area contributed by atoms with E-state index in [1.165, 1.54) is 24.3 Å². The van der Waals surface area contributed by atoms with Crippen molar-refractivity contribution in [1.29, 1.82) is 0 Å². The van der Waals surface area contributed by atoms with Crippen LogP contribution in [-0.4, -0.2) is 53.8 Å². The maximum Gasteiger partial charge on any atom is 0.297 e. The Hall–Kier alpha value is -1.86. The first-order valence-electron chi connectivity index (χ1n) is 10.3. The maximum absolute atomic E-state index is 12.9. The summed E-state index contributed by atoms with van der Waals surface area (Å²) in [5.41, 5.74) is 1.78. The average Bonchev–Trinajstić information content (AvgIpc) is 3.19. The van der Waals surface area contributed by atoms with Gasteiger partial charge in [-0.05, 0) is 52.0 Å². The van der Waals surface area contributed by atoms with Crippen LogP contribution >= 0.6 is 0 Å². The molecule has 4 rings (SSSR count). The molecule has 2 aliphatic rings. The van der Waals surface area contributed by atoms with Crippen LogP contribution in [0.5, 0.6) is 0 Å². The predicted molar refractivity (Wildman–Crippen MR) is 116 cm³/mol. The van der Waals surface area contributed by atoms with E-state index in [-0.39, 0.29) is 9.79 Å². The molecule has 180 valence electrons. The van der Waals surface area contributed by atoms with E-state index in [0.717, 1.165) is 11.1 Å². The molecule has 0 unspecified atom stereocenters. The van der Waals surface area contributed by atoms with Crippen LogP contribution in [0.4, 0.5) is 0 Å². The third-order valence-electron chi connectivity index (χ3n) is 5.33. The zero-order valence-corrected chi connectivity index (χ0v) is 20.3. The lowest BCUT2D eigenvalue weighted by molar-refractivity contribution is -0.215. The van der Waals surface area contributed by atoms with Gasteiger partial charge in [0.05, 0.1) is 16.4 Å². The zero-order chi connectivity index (χ0) is 24.0. The molecule has 0 saturated carbocycles. The summed E-state index contributed by atoms with van der Waals surface area (Å²) < 4.78 is 78.9. The molecule has 2 aliphatic heterocycles. The van der Waals surface area contributed by atoms with Gasteiger partial charge < -0.3 is 14.2 Å². The number of hydrogen-bond donors (Lipinski definition) is 0. The Labute approximate surface area is 193 Å². The minimum Gasteiger partial charge on any atom is -0.341 e. The first-order chi connectivity index (χ1) is 15.4. The highest BCUT2D eigenvalue weighted by Crippen LogP contribution is 2.40. The predicted octanol–water partition coefficient (Wildman–Crippen LogP) is 2.66. The van der Waals surface area contributed by atoms with Gasteiger partial charge in [0.15, 0.2) is 12.1 Å². The van der Waals surface area contributed by atoms with Crippen molar-refractivity contribution in [2.45, 2.75) is 67.9 Å². The van der Waals surface area contributed by atoms with Crippen LogP contribution in [0.2, 0.25) is 0 Å². The van der Waals surface area contributed by atoms with Crippen molar-refractivity contribution in [2.75, 3.05) is 6.61 Å². The zero-order valence-electron chi connectivity index (χ0n) is 18.6. The number of ether oxygens (including phenoxy) is 3. The minimum absolute atomic E-state index is 0.0235. The SMILES string of the molecule is Cc1ccc(S(=O)(=O)OC[C@@H]2O[C@@H]3OC(C)(C)O[C@H]3[C@@H]2OS(=O)(=O)c2ccc(C)cc2)cc1. The average molecular weight is 499 g/mol. The lowest BCUT2D eigenvalue weighted by Crippen LogP contribution is -2.40. The Morgan fingerprint density at radius 1 is 0.818 bits per heavy atom. The summed E-state index contributed by atoms with van der Waals surface area (Å²) in [6.45, 7) is 6.51. The summed E-state index contributed by atoms with van der Waals surface area (Å²) >= 11 is 0. The van der Waals surface area contributed by atoms with E-state index in [1.54, 1.807) is 38.1 Å². The molecule has 4 atom stereocenters. The lowest BCUT2D eigenvalue weighted by Gasteiger charge is -2.25. The number of hydrogen-bond acceptors (Lipinski definition) is 9. The standard InChI is InChI=1S/C22H26O9S2/c1-14-5-9-16(10-6-14)32(23,24)27-13-18-19(20-21(28-18)30-22(3,4)29-20)31-33(25,26)17-11-7-15(2)8-12-17/h5-12,18-21H,13H2,1-4H3/t18-,19+,20-,21+/m0/s1. The molecule has 0 radical (unpaired) electrons. The van der Waals surface area contributed by atoms with Gasteiger partial charge >= 0.3 is 0 Å². The Morgan fingerprint density at radius 3 is 1.88 bits per heavy atom. The van der Waals surface area contributed by atoms with Crippen LogP contribution in [0.3, 0.4) is 0 Å². The van der Waals surface area contributed by atoms with E-state index < -0.39 is 57.2 Å². The van der Waals surface area contributed by atoms with Gasteiger partial charge in [-0.25, -0.2) is 0 Å². The Kier molecular flexibility index (Phi) is 6.42. The third kappa shape index (κ3) is 5.29. The lowest BCUT2D eigenvalue weighted by atomic mass is 10.1. The first kappa shape index (κ1) is 24.3. The quantitative estimate of drug-likeness (QED) is 0.531. The smallest absolute Gasteiger partial charge is 0.297 e. The summed E-state index contributed by atoms with van der Waals surface area (Å²) in [5.74, 6) is -1.02. The second-order valence-electron chi connectivity index (χ2n) is 8.52. The number of fused-ring (bicyclic) bond motifs is 1. The van der Waals surface area contributed by atoms with Crippen LogP contribution in [0.15, 0.2) is 58.3 Å². The summed E-state index contributed by atoms with van der Waals surface area (Å²) in [5, 5.41) is 0. The molecule has 2 fully saturated rings. The second-order valence-corrected chi connectivity index (χ2v) is 11.7. The van der Waals surface area contributed by atoms with Gasteiger partial charge in [-0.2, -0.15) is 16.8 Å². The molecular formula is C22H26O9S2. The van der Waals surface area contributed by atoms with Gasteiger partial charge in [-0.15, -0.1) is 0 Å². The first-order valence-corrected chi connectivity index (χ1v) is 13.2. The van der Waals surface area contributed by atoms with E-state index in [1.807, 2.05) is 13.8 Å². The summed E-state index contributed by atoms with van der Waals surface area (Å²) in [6, 6.07) is 12.3. The molecule has 11 heteroatoms. The molecule has 2 aromatic carbocycles. The highest BCUT2D eigenvalue weighted by atomic mass is 32.2. The summed E-state index contributed by atoms with van der Waals surface area (Å²) in [6.07, 6.45) is -4.09. The van der Waals surface area contributed by atoms with Crippen molar-refractivity contribution >= 4 is 20.2 Å². The molecule has 0 bridgehead atoms. The largest absolute Gasteiger partial charge is 0.341 e. The van der Waals surface area contributed by atoms with E-state index >= 15 is 0 Å².